The Morgan fingerprint density at radius 1 is 1.37 bits per heavy atom. The zero-order valence-corrected chi connectivity index (χ0v) is 11.5. The second kappa shape index (κ2) is 4.30. The van der Waals surface area contributed by atoms with E-state index in [1.807, 2.05) is 0 Å². The lowest BCUT2D eigenvalue weighted by Crippen LogP contribution is -2.35. The van der Waals surface area contributed by atoms with Crippen LogP contribution in [0.4, 0.5) is 0 Å². The molecule has 2 aromatic rings. The number of hydrogen-bond donors (Lipinski definition) is 1. The number of nitrogens with zero attached hydrogens (tertiary/aromatic N) is 1. The predicted octanol–water partition coefficient (Wildman–Crippen LogP) is 2.52. The van der Waals surface area contributed by atoms with E-state index in [0.717, 1.165) is 17.4 Å². The summed E-state index contributed by atoms with van der Waals surface area (Å²) in [5, 5.41) is 3.96. The van der Waals surface area contributed by atoms with Crippen molar-refractivity contribution >= 4 is 16.8 Å². The molecule has 4 heteroatoms. The van der Waals surface area contributed by atoms with E-state index in [9.17, 15) is 4.79 Å². The van der Waals surface area contributed by atoms with Crippen LogP contribution in [-0.2, 0) is 6.54 Å². The number of rotatable bonds is 2. The van der Waals surface area contributed by atoms with Crippen LogP contribution in [0.15, 0.2) is 18.2 Å². The lowest BCUT2D eigenvalue weighted by molar-refractivity contribution is 0.0925. The zero-order valence-electron chi connectivity index (χ0n) is 11.5. The van der Waals surface area contributed by atoms with E-state index in [2.05, 4.69) is 41.9 Å². The number of carbonyl (C=O) groups excluding carboxylic acids is 1. The lowest BCUT2D eigenvalue weighted by atomic mass is 9.98. The van der Waals surface area contributed by atoms with Crippen LogP contribution >= 0.6 is 0 Å². The summed E-state index contributed by atoms with van der Waals surface area (Å²) in [7, 11) is 1.63. The van der Waals surface area contributed by atoms with Crippen LogP contribution in [0.25, 0.3) is 10.9 Å². The number of carbonyl (C=O) groups is 1. The molecule has 0 atom stereocenters. The molecule has 1 N–H and O–H groups in total. The first-order chi connectivity index (χ1) is 9.15. The first-order valence-corrected chi connectivity index (χ1v) is 6.62. The highest BCUT2D eigenvalue weighted by atomic mass is 16.5. The molecule has 0 saturated carbocycles. The van der Waals surface area contributed by atoms with Crippen LogP contribution in [0, 0.1) is 0 Å². The van der Waals surface area contributed by atoms with Gasteiger partial charge < -0.3 is 14.6 Å². The number of amides is 1. The Kier molecular flexibility index (Phi) is 2.73. The van der Waals surface area contributed by atoms with Gasteiger partial charge in [0.25, 0.3) is 5.91 Å². The monoisotopic (exact) mass is 258 g/mol. The van der Waals surface area contributed by atoms with E-state index in [1.165, 1.54) is 5.56 Å². The molecular formula is C15H18N2O2. The summed E-state index contributed by atoms with van der Waals surface area (Å²) < 4.78 is 7.61. The van der Waals surface area contributed by atoms with Crippen molar-refractivity contribution in [3.63, 3.8) is 0 Å². The summed E-state index contributed by atoms with van der Waals surface area (Å²) in [4.78, 5) is 12.1. The summed E-state index contributed by atoms with van der Waals surface area (Å²) in [6.45, 7) is 5.78. The molecule has 2 heterocycles. The number of benzene rings is 1. The first-order valence-electron chi connectivity index (χ1n) is 6.62. The van der Waals surface area contributed by atoms with Gasteiger partial charge in [0.2, 0.25) is 0 Å². The topological polar surface area (TPSA) is 43.3 Å². The van der Waals surface area contributed by atoms with Crippen molar-refractivity contribution in [2.24, 2.45) is 0 Å². The molecule has 0 saturated heterocycles. The summed E-state index contributed by atoms with van der Waals surface area (Å²) in [5.41, 5.74) is 2.97. The van der Waals surface area contributed by atoms with Gasteiger partial charge in [-0.25, -0.2) is 0 Å². The Morgan fingerprint density at radius 2 is 2.16 bits per heavy atom. The van der Waals surface area contributed by atoms with Gasteiger partial charge in [-0.1, -0.05) is 26.0 Å². The Balaban J connectivity index is 2.43. The molecule has 1 aromatic heterocycles. The number of methoxy groups -OCH3 is 1. The summed E-state index contributed by atoms with van der Waals surface area (Å²) in [5.74, 6) is 1.05. The van der Waals surface area contributed by atoms with Gasteiger partial charge in [0.05, 0.1) is 12.6 Å². The highest BCUT2D eigenvalue weighted by Gasteiger charge is 2.28. The fourth-order valence-electron chi connectivity index (χ4n) is 2.89. The van der Waals surface area contributed by atoms with E-state index < -0.39 is 0 Å². The van der Waals surface area contributed by atoms with Crippen LogP contribution in [-0.4, -0.2) is 24.1 Å². The minimum absolute atomic E-state index is 0.0472. The number of aromatic nitrogens is 1. The van der Waals surface area contributed by atoms with Crippen molar-refractivity contribution < 1.29 is 9.53 Å². The van der Waals surface area contributed by atoms with Gasteiger partial charge in [-0.3, -0.25) is 4.79 Å². The Labute approximate surface area is 112 Å². The quantitative estimate of drug-likeness (QED) is 0.899. The van der Waals surface area contributed by atoms with Crippen LogP contribution < -0.4 is 10.1 Å². The molecule has 19 heavy (non-hydrogen) atoms. The molecule has 3 rings (SSSR count). The molecule has 0 unspecified atom stereocenters. The lowest BCUT2D eigenvalue weighted by Gasteiger charge is -2.17. The number of nitrogens with one attached hydrogen (secondary N) is 1. The molecular weight excluding hydrogens is 240 g/mol. The third kappa shape index (κ3) is 1.63. The van der Waals surface area contributed by atoms with Crippen molar-refractivity contribution in [2.45, 2.75) is 26.3 Å². The molecule has 0 radical (unpaired) electrons. The molecule has 0 spiro atoms. The van der Waals surface area contributed by atoms with Gasteiger partial charge in [0.1, 0.15) is 0 Å². The average Bonchev–Trinajstić information content (AvgIpc) is 2.74. The fourth-order valence-corrected chi connectivity index (χ4v) is 2.89. The molecule has 100 valence electrons. The molecule has 4 nitrogen and oxygen atoms in total. The van der Waals surface area contributed by atoms with Crippen molar-refractivity contribution in [1.82, 2.24) is 9.88 Å². The van der Waals surface area contributed by atoms with Gasteiger partial charge in [-0.05, 0) is 17.5 Å². The number of fused-ring (bicyclic) bond motifs is 3. The highest BCUT2D eigenvalue weighted by Crippen LogP contribution is 2.38. The molecule has 1 amide bonds. The van der Waals surface area contributed by atoms with Gasteiger partial charge in [0, 0.05) is 18.5 Å². The second-order valence-corrected chi connectivity index (χ2v) is 5.19. The third-order valence-corrected chi connectivity index (χ3v) is 3.74. The van der Waals surface area contributed by atoms with E-state index in [-0.39, 0.29) is 5.91 Å². The van der Waals surface area contributed by atoms with Crippen LogP contribution in [0.5, 0.6) is 5.75 Å². The van der Waals surface area contributed by atoms with Gasteiger partial charge in [0.15, 0.2) is 11.4 Å². The van der Waals surface area contributed by atoms with Gasteiger partial charge >= 0.3 is 0 Å². The van der Waals surface area contributed by atoms with Crippen LogP contribution in [0.3, 0.4) is 0 Å². The summed E-state index contributed by atoms with van der Waals surface area (Å²) in [6, 6.07) is 6.22. The summed E-state index contributed by atoms with van der Waals surface area (Å²) in [6.07, 6.45) is 0. The van der Waals surface area contributed by atoms with Gasteiger partial charge in [-0.2, -0.15) is 0 Å². The van der Waals surface area contributed by atoms with Gasteiger partial charge in [-0.15, -0.1) is 0 Å². The Bertz CT molecular complexity index is 656. The highest BCUT2D eigenvalue weighted by molar-refractivity contribution is 6.05. The second-order valence-electron chi connectivity index (χ2n) is 5.19. The van der Waals surface area contributed by atoms with Crippen molar-refractivity contribution in [3.8, 4) is 5.75 Å². The molecule has 0 bridgehead atoms. The van der Waals surface area contributed by atoms with Crippen LogP contribution in [0.1, 0.15) is 35.8 Å². The molecule has 0 aliphatic carbocycles. The molecule has 1 aliphatic heterocycles. The third-order valence-electron chi connectivity index (χ3n) is 3.74. The maximum Gasteiger partial charge on any atom is 0.271 e. The SMILES string of the molecule is COc1c2n(c3cccc(C(C)C)c13)CCNC2=O. The standard InChI is InChI=1S/C15H18N2O2/c1-9(2)10-5-4-6-11-12(10)14(19-3)13-15(18)16-7-8-17(11)13/h4-6,9H,7-8H2,1-3H3,(H,16,18). The largest absolute Gasteiger partial charge is 0.494 e. The fraction of sp³-hybridized carbons (Fsp3) is 0.400. The van der Waals surface area contributed by atoms with E-state index >= 15 is 0 Å². The number of ether oxygens (including phenoxy) is 1. The predicted molar refractivity (Wildman–Crippen MR) is 74.9 cm³/mol. The van der Waals surface area contributed by atoms with E-state index in [4.69, 9.17) is 4.74 Å². The van der Waals surface area contributed by atoms with Crippen molar-refractivity contribution in [2.75, 3.05) is 13.7 Å². The maximum absolute atomic E-state index is 12.1. The summed E-state index contributed by atoms with van der Waals surface area (Å²) >= 11 is 0. The first kappa shape index (κ1) is 12.1. The zero-order chi connectivity index (χ0) is 13.6. The van der Waals surface area contributed by atoms with Crippen LogP contribution in [0.2, 0.25) is 0 Å². The number of hydrogen-bond acceptors (Lipinski definition) is 2. The normalized spacial score (nSPS) is 14.6. The minimum atomic E-state index is -0.0472. The smallest absolute Gasteiger partial charge is 0.271 e. The molecule has 1 aromatic carbocycles. The Morgan fingerprint density at radius 3 is 2.84 bits per heavy atom. The maximum atomic E-state index is 12.1. The Hall–Kier alpha value is -1.97. The molecule has 0 fully saturated rings. The van der Waals surface area contributed by atoms with Crippen molar-refractivity contribution in [1.29, 1.82) is 0 Å². The average molecular weight is 258 g/mol. The van der Waals surface area contributed by atoms with E-state index in [0.29, 0.717) is 23.9 Å². The minimum Gasteiger partial charge on any atom is -0.494 e. The van der Waals surface area contributed by atoms with Crippen molar-refractivity contribution in [3.05, 3.63) is 29.5 Å². The van der Waals surface area contributed by atoms with E-state index in [1.54, 1.807) is 7.11 Å². The molecule has 1 aliphatic rings.